The lowest BCUT2D eigenvalue weighted by Gasteiger charge is -2.22. The molecule has 0 aliphatic heterocycles. The highest BCUT2D eigenvalue weighted by atomic mass is 16.3. The number of nitrogens with zero attached hydrogens (tertiary/aromatic N) is 5. The van der Waals surface area contributed by atoms with Crippen LogP contribution in [-0.4, -0.2) is 49.2 Å². The molecule has 0 aliphatic rings. The van der Waals surface area contributed by atoms with E-state index in [1.807, 2.05) is 37.3 Å². The Labute approximate surface area is 190 Å². The number of carbonyl (C=O) groups excluding carboxylic acids is 1. The molecule has 2 heterocycles. The fraction of sp³-hybridized carbons (Fsp3) is 0.364. The van der Waals surface area contributed by atoms with E-state index >= 15 is 0 Å². The third kappa shape index (κ3) is 4.34. The molecule has 11 heteroatoms. The number of aromatic hydroxyl groups is 1. The van der Waals surface area contributed by atoms with Crippen LogP contribution in [-0.2, 0) is 21.1 Å². The Morgan fingerprint density at radius 1 is 1.06 bits per heavy atom. The molecular formula is C22H29N7O4. The van der Waals surface area contributed by atoms with Crippen LogP contribution in [0, 0.1) is 0 Å². The molecule has 0 bridgehead atoms. The van der Waals surface area contributed by atoms with Crippen molar-refractivity contribution >= 4 is 23.1 Å². The Balaban J connectivity index is 2.14. The quantitative estimate of drug-likeness (QED) is 0.493. The van der Waals surface area contributed by atoms with Crippen molar-refractivity contribution in [3.05, 3.63) is 62.3 Å². The Hall–Kier alpha value is -4.02. The van der Waals surface area contributed by atoms with Crippen LogP contribution in [0.5, 0.6) is 5.75 Å². The molecule has 1 amide bonds. The van der Waals surface area contributed by atoms with Gasteiger partial charge in [-0.2, -0.15) is 5.10 Å². The molecule has 176 valence electrons. The third-order valence-corrected chi connectivity index (χ3v) is 5.52. The molecule has 1 aromatic carbocycles. The van der Waals surface area contributed by atoms with E-state index in [9.17, 15) is 19.5 Å². The zero-order chi connectivity index (χ0) is 24.4. The molecule has 3 aromatic rings. The zero-order valence-electron chi connectivity index (χ0n) is 19.6. The molecule has 0 fully saturated rings. The van der Waals surface area contributed by atoms with Gasteiger partial charge in [0.2, 0.25) is 0 Å². The molecule has 33 heavy (non-hydrogen) atoms. The molecule has 1 atom stereocenters. The van der Waals surface area contributed by atoms with Gasteiger partial charge in [-0.05, 0) is 12.0 Å². The summed E-state index contributed by atoms with van der Waals surface area (Å²) < 4.78 is 3.58. The topological polar surface area (TPSA) is 126 Å². The zero-order valence-corrected chi connectivity index (χ0v) is 19.6. The maximum absolute atomic E-state index is 13.1. The summed E-state index contributed by atoms with van der Waals surface area (Å²) in [4.78, 5) is 40.0. The highest BCUT2D eigenvalue weighted by molar-refractivity contribution is 5.97. The number of nitrogens with one attached hydrogen (secondary N) is 2. The summed E-state index contributed by atoms with van der Waals surface area (Å²) >= 11 is 0. The Kier molecular flexibility index (Phi) is 6.61. The van der Waals surface area contributed by atoms with Gasteiger partial charge >= 0.3 is 0 Å². The molecule has 0 saturated carbocycles. The minimum absolute atomic E-state index is 0.0434. The number of carbonyl (C=O) groups is 1. The molecule has 0 aliphatic carbocycles. The van der Waals surface area contributed by atoms with Gasteiger partial charge in [-0.15, -0.1) is 0 Å². The molecular weight excluding hydrogens is 426 g/mol. The number of benzene rings is 1. The lowest BCUT2D eigenvalue weighted by Crippen LogP contribution is -2.38. The molecule has 3 rings (SSSR count). The highest BCUT2D eigenvalue weighted by Gasteiger charge is 2.26. The maximum atomic E-state index is 13.1. The fourth-order valence-corrected chi connectivity index (χ4v) is 3.51. The van der Waals surface area contributed by atoms with Crippen LogP contribution in [0.25, 0.3) is 0 Å². The summed E-state index contributed by atoms with van der Waals surface area (Å²) in [6.07, 6.45) is 0.651. The first-order valence-corrected chi connectivity index (χ1v) is 10.4. The standard InChI is InChI=1S/C22H29N7O4/c1-7-14(13-11-9-8-10-12-13)23-15-16(21(32)29(6)28(5)20(15)31)24-19-18(30)17(27(4)25-19)22(33)26(2)3/h8-12,14,23,30H,7H2,1-6H3,(H,24,25)/t14-/m1/s1. The predicted octanol–water partition coefficient (Wildman–Crippen LogP) is 1.53. The van der Waals surface area contributed by atoms with Gasteiger partial charge < -0.3 is 20.6 Å². The Bertz CT molecular complexity index is 1290. The predicted molar refractivity (Wildman–Crippen MR) is 126 cm³/mol. The number of hydrogen-bond donors (Lipinski definition) is 3. The van der Waals surface area contributed by atoms with Crippen molar-refractivity contribution in [1.82, 2.24) is 24.0 Å². The van der Waals surface area contributed by atoms with Crippen molar-refractivity contribution < 1.29 is 9.90 Å². The molecule has 0 spiro atoms. The van der Waals surface area contributed by atoms with E-state index in [-0.39, 0.29) is 28.9 Å². The van der Waals surface area contributed by atoms with Gasteiger partial charge in [0.15, 0.2) is 17.3 Å². The number of anilines is 3. The molecule has 3 N–H and O–H groups in total. The second-order valence-corrected chi connectivity index (χ2v) is 7.92. The van der Waals surface area contributed by atoms with E-state index in [0.29, 0.717) is 6.42 Å². The van der Waals surface area contributed by atoms with E-state index in [0.717, 1.165) is 10.2 Å². The summed E-state index contributed by atoms with van der Waals surface area (Å²) in [5.41, 5.74) is -0.0715. The molecule has 0 radical (unpaired) electrons. The van der Waals surface area contributed by atoms with Crippen LogP contribution < -0.4 is 21.8 Å². The minimum Gasteiger partial charge on any atom is -0.503 e. The van der Waals surface area contributed by atoms with Crippen LogP contribution in [0.4, 0.5) is 17.2 Å². The largest absolute Gasteiger partial charge is 0.503 e. The summed E-state index contributed by atoms with van der Waals surface area (Å²) in [5.74, 6) is -0.982. The summed E-state index contributed by atoms with van der Waals surface area (Å²) in [7, 11) is 7.57. The van der Waals surface area contributed by atoms with Gasteiger partial charge in [-0.25, -0.2) is 9.36 Å². The van der Waals surface area contributed by atoms with E-state index in [2.05, 4.69) is 15.7 Å². The third-order valence-electron chi connectivity index (χ3n) is 5.52. The first-order chi connectivity index (χ1) is 15.6. The molecule has 2 aromatic heterocycles. The van der Waals surface area contributed by atoms with E-state index in [1.54, 1.807) is 14.1 Å². The van der Waals surface area contributed by atoms with Crippen molar-refractivity contribution in [2.45, 2.75) is 19.4 Å². The second kappa shape index (κ2) is 9.23. The van der Waals surface area contributed by atoms with E-state index < -0.39 is 22.8 Å². The van der Waals surface area contributed by atoms with Gasteiger partial charge in [-0.1, -0.05) is 37.3 Å². The van der Waals surface area contributed by atoms with Crippen LogP contribution in [0.1, 0.15) is 35.4 Å². The molecule has 0 unspecified atom stereocenters. The maximum Gasteiger partial charge on any atom is 0.291 e. The number of aryl methyl sites for hydroxylation is 1. The van der Waals surface area contributed by atoms with Gasteiger partial charge in [0.25, 0.3) is 17.0 Å². The first kappa shape index (κ1) is 23.6. The lowest BCUT2D eigenvalue weighted by atomic mass is 10.0. The smallest absolute Gasteiger partial charge is 0.291 e. The Morgan fingerprint density at radius 3 is 2.18 bits per heavy atom. The van der Waals surface area contributed by atoms with Crippen LogP contribution in [0.2, 0.25) is 0 Å². The van der Waals surface area contributed by atoms with Gasteiger partial charge in [0.05, 0.1) is 6.04 Å². The molecule has 11 nitrogen and oxygen atoms in total. The fourth-order valence-electron chi connectivity index (χ4n) is 3.51. The van der Waals surface area contributed by atoms with Crippen LogP contribution in [0.3, 0.4) is 0 Å². The van der Waals surface area contributed by atoms with Crippen molar-refractivity contribution in [3.63, 3.8) is 0 Å². The second-order valence-electron chi connectivity index (χ2n) is 7.92. The van der Waals surface area contributed by atoms with Gasteiger partial charge in [0.1, 0.15) is 11.4 Å². The van der Waals surface area contributed by atoms with Crippen LogP contribution >= 0.6 is 0 Å². The number of aromatic nitrogens is 4. The van der Waals surface area contributed by atoms with Crippen molar-refractivity contribution in [1.29, 1.82) is 0 Å². The van der Waals surface area contributed by atoms with Crippen molar-refractivity contribution in [2.75, 3.05) is 24.7 Å². The van der Waals surface area contributed by atoms with Gasteiger partial charge in [0, 0.05) is 35.2 Å². The summed E-state index contributed by atoms with van der Waals surface area (Å²) in [6, 6.07) is 9.32. The van der Waals surface area contributed by atoms with Crippen molar-refractivity contribution in [3.8, 4) is 5.75 Å². The van der Waals surface area contributed by atoms with Gasteiger partial charge in [-0.3, -0.25) is 19.1 Å². The normalized spacial score (nSPS) is 11.8. The number of hydrogen-bond acceptors (Lipinski definition) is 7. The first-order valence-electron chi connectivity index (χ1n) is 10.4. The van der Waals surface area contributed by atoms with E-state index in [1.165, 1.54) is 35.4 Å². The average Bonchev–Trinajstić information content (AvgIpc) is 3.08. The highest BCUT2D eigenvalue weighted by Crippen LogP contribution is 2.31. The number of rotatable bonds is 7. The lowest BCUT2D eigenvalue weighted by molar-refractivity contribution is 0.0814. The summed E-state index contributed by atoms with van der Waals surface area (Å²) in [6.45, 7) is 1.97. The molecule has 0 saturated heterocycles. The monoisotopic (exact) mass is 455 g/mol. The SMILES string of the molecule is CC[C@@H](Nc1c(Nc2nn(C)c(C(=O)N(C)C)c2O)c(=O)n(C)n(C)c1=O)c1ccccc1. The van der Waals surface area contributed by atoms with E-state index in [4.69, 9.17) is 0 Å². The Morgan fingerprint density at radius 2 is 1.64 bits per heavy atom. The van der Waals surface area contributed by atoms with Crippen LogP contribution in [0.15, 0.2) is 39.9 Å². The average molecular weight is 456 g/mol. The van der Waals surface area contributed by atoms with Crippen molar-refractivity contribution in [2.24, 2.45) is 21.1 Å². The number of amides is 1. The summed E-state index contributed by atoms with van der Waals surface area (Å²) in [5, 5.41) is 20.8. The minimum atomic E-state index is -0.506.